The molecule has 4 saturated carbocycles. The van der Waals surface area contributed by atoms with Crippen molar-refractivity contribution in [2.75, 3.05) is 19.8 Å². The Bertz CT molecular complexity index is 1260. The van der Waals surface area contributed by atoms with E-state index in [1.54, 1.807) is 6.08 Å². The average Bonchev–Trinajstić information content (AvgIpc) is 3.63. The molecule has 6 fully saturated rings. The van der Waals surface area contributed by atoms with Gasteiger partial charge in [0.05, 0.1) is 24.9 Å². The summed E-state index contributed by atoms with van der Waals surface area (Å²) in [5.41, 5.74) is -0.165. The van der Waals surface area contributed by atoms with Crippen LogP contribution < -0.4 is 0 Å². The molecule has 4 aliphatic carbocycles. The summed E-state index contributed by atoms with van der Waals surface area (Å²) in [6, 6.07) is 0. The quantitative estimate of drug-likeness (QED) is 0.121. The molecule has 49 heavy (non-hydrogen) atoms. The third kappa shape index (κ3) is 5.73. The molecule has 3 aliphatic heterocycles. The first-order chi connectivity index (χ1) is 23.3. The second-order valence-electron chi connectivity index (χ2n) is 16.3. The van der Waals surface area contributed by atoms with E-state index in [9.17, 15) is 45.6 Å². The van der Waals surface area contributed by atoms with Gasteiger partial charge in [0.1, 0.15) is 55.4 Å². The van der Waals surface area contributed by atoms with Crippen LogP contribution in [-0.2, 0) is 28.5 Å². The van der Waals surface area contributed by atoms with Crippen LogP contribution in [0.15, 0.2) is 11.6 Å². The number of rotatable bonds is 7. The van der Waals surface area contributed by atoms with Gasteiger partial charge < -0.3 is 64.5 Å². The van der Waals surface area contributed by atoms with Crippen molar-refractivity contribution in [1.82, 2.24) is 0 Å². The van der Waals surface area contributed by atoms with Crippen LogP contribution in [0.25, 0.3) is 0 Å². The number of carbonyl (C=O) groups is 1. The molecule has 7 aliphatic rings. The van der Waals surface area contributed by atoms with Crippen molar-refractivity contribution in [2.45, 2.75) is 145 Å². The first kappa shape index (κ1) is 36.1. The van der Waals surface area contributed by atoms with Crippen molar-refractivity contribution in [2.24, 2.45) is 34.5 Å². The molecule has 18 atom stereocenters. The average molecular weight is 699 g/mol. The summed E-state index contributed by atoms with van der Waals surface area (Å²) in [6.45, 7) is 3.61. The Labute approximate surface area is 285 Å². The molecule has 278 valence electrons. The van der Waals surface area contributed by atoms with E-state index in [2.05, 4.69) is 13.8 Å². The molecule has 0 bridgehead atoms. The van der Waals surface area contributed by atoms with Gasteiger partial charge in [0.25, 0.3) is 0 Å². The standard InChI is InChI=1S/C35H54O14/c1-33-8-5-18(46-32-30(28(42)26(40)23(14-37)48-32)49-31-29(43)27(41)25(39)22(13-36)47-31)12-17(33)3-4-21-20(33)6-9-34(2)19(7-10-35(21,34)44)16-11-24(38)45-15-16/h11,17-23,25-32,36-37,39-44H,3-10,12-15H2,1-2H3/t17-,18-,19+,20-,21+,22+,23-,25-,26-,27-,28+,29-,30+,31+,32-,33-,34+,35-/m0/s1. The lowest BCUT2D eigenvalue weighted by atomic mass is 9.43. The number of aliphatic hydroxyl groups is 8. The van der Waals surface area contributed by atoms with Crippen molar-refractivity contribution in [1.29, 1.82) is 0 Å². The Hall–Kier alpha value is -1.27. The summed E-state index contributed by atoms with van der Waals surface area (Å²) in [5.74, 6) is 0.596. The maximum Gasteiger partial charge on any atom is 0.331 e. The Balaban J connectivity index is 1.05. The molecule has 7 rings (SSSR count). The highest BCUT2D eigenvalue weighted by molar-refractivity contribution is 5.85. The molecular formula is C35H54O14. The topological polar surface area (TPSA) is 225 Å². The number of cyclic esters (lactones) is 1. The van der Waals surface area contributed by atoms with E-state index in [4.69, 9.17) is 23.7 Å². The monoisotopic (exact) mass is 698 g/mol. The molecule has 0 radical (unpaired) electrons. The minimum atomic E-state index is -1.74. The lowest BCUT2D eigenvalue weighted by Crippen LogP contribution is -2.65. The Kier molecular flexibility index (Phi) is 9.80. The van der Waals surface area contributed by atoms with E-state index in [0.717, 1.165) is 44.1 Å². The second-order valence-corrected chi connectivity index (χ2v) is 16.3. The number of carbonyl (C=O) groups excluding carboxylic acids is 1. The lowest BCUT2D eigenvalue weighted by Gasteiger charge is -2.64. The third-order valence-electron chi connectivity index (χ3n) is 14.2. The lowest BCUT2D eigenvalue weighted by molar-refractivity contribution is -0.373. The molecule has 0 aromatic carbocycles. The zero-order valence-corrected chi connectivity index (χ0v) is 28.3. The predicted octanol–water partition coefficient (Wildman–Crippen LogP) is -0.747. The van der Waals surface area contributed by atoms with E-state index in [1.807, 2.05) is 0 Å². The van der Waals surface area contributed by atoms with Crippen LogP contribution in [0.4, 0.5) is 0 Å². The summed E-state index contributed by atoms with van der Waals surface area (Å²) in [7, 11) is 0. The van der Waals surface area contributed by atoms with Crippen LogP contribution in [-0.4, -0.2) is 140 Å². The fraction of sp³-hybridized carbons (Fsp3) is 0.914. The SMILES string of the molecule is C[C@]12CC[C@H](O[C@H]3O[C@@H](CO)[C@H](O)[C@@H](O)[C@H]3O[C@H]3O[C@H](CO)[C@H](O)[C@H](O)[C@@H]3O)C[C@@H]1CC[C@@H]1[C@@H]2CC[C@]2(C)[C@@H](C3=CC(=O)OC3)CC[C@]12O. The maximum absolute atomic E-state index is 12.5. The van der Waals surface area contributed by atoms with Gasteiger partial charge in [-0.25, -0.2) is 4.79 Å². The van der Waals surface area contributed by atoms with E-state index >= 15 is 0 Å². The van der Waals surface area contributed by atoms with Crippen LogP contribution in [0.1, 0.15) is 71.6 Å². The van der Waals surface area contributed by atoms with Gasteiger partial charge in [-0.1, -0.05) is 13.8 Å². The van der Waals surface area contributed by atoms with Crippen molar-refractivity contribution in [3.63, 3.8) is 0 Å². The summed E-state index contributed by atoms with van der Waals surface area (Å²) in [4.78, 5) is 11.9. The summed E-state index contributed by atoms with van der Waals surface area (Å²) < 4.78 is 29.0. The summed E-state index contributed by atoms with van der Waals surface area (Å²) in [6.07, 6.45) is -6.20. The van der Waals surface area contributed by atoms with Gasteiger partial charge in [0, 0.05) is 11.5 Å². The molecule has 2 saturated heterocycles. The molecule has 0 unspecified atom stereocenters. The fourth-order valence-electron chi connectivity index (χ4n) is 11.3. The minimum absolute atomic E-state index is 0.0351. The Morgan fingerprint density at radius 3 is 2.14 bits per heavy atom. The number of esters is 1. The maximum atomic E-state index is 12.5. The van der Waals surface area contributed by atoms with Gasteiger partial charge in [-0.2, -0.15) is 0 Å². The largest absolute Gasteiger partial charge is 0.458 e. The van der Waals surface area contributed by atoms with Crippen molar-refractivity contribution in [3.8, 4) is 0 Å². The normalized spacial score (nSPS) is 54.4. The molecule has 14 nitrogen and oxygen atoms in total. The van der Waals surface area contributed by atoms with E-state index in [1.165, 1.54) is 0 Å². The van der Waals surface area contributed by atoms with Crippen molar-refractivity contribution < 1.29 is 69.3 Å². The Morgan fingerprint density at radius 1 is 0.776 bits per heavy atom. The smallest absolute Gasteiger partial charge is 0.331 e. The molecule has 14 heteroatoms. The number of hydrogen-bond donors (Lipinski definition) is 8. The highest BCUT2D eigenvalue weighted by atomic mass is 16.8. The van der Waals surface area contributed by atoms with Crippen LogP contribution in [0.3, 0.4) is 0 Å². The Morgan fingerprint density at radius 2 is 1.47 bits per heavy atom. The van der Waals surface area contributed by atoms with Gasteiger partial charge in [0.2, 0.25) is 0 Å². The minimum Gasteiger partial charge on any atom is -0.458 e. The summed E-state index contributed by atoms with van der Waals surface area (Å²) in [5, 5.41) is 84.8. The number of fused-ring (bicyclic) bond motifs is 5. The van der Waals surface area contributed by atoms with Crippen molar-refractivity contribution in [3.05, 3.63) is 11.6 Å². The first-order valence-electron chi connectivity index (χ1n) is 18.1. The van der Waals surface area contributed by atoms with Gasteiger partial charge in [-0.05, 0) is 92.4 Å². The second kappa shape index (κ2) is 13.3. The van der Waals surface area contributed by atoms with E-state index < -0.39 is 80.2 Å². The zero-order chi connectivity index (χ0) is 35.0. The first-order valence-corrected chi connectivity index (χ1v) is 18.1. The highest BCUT2D eigenvalue weighted by Gasteiger charge is 2.68. The predicted molar refractivity (Wildman–Crippen MR) is 167 cm³/mol. The van der Waals surface area contributed by atoms with Crippen molar-refractivity contribution >= 4 is 5.97 Å². The van der Waals surface area contributed by atoms with Crippen LogP contribution in [0, 0.1) is 34.5 Å². The van der Waals surface area contributed by atoms with Gasteiger partial charge in [-0.15, -0.1) is 0 Å². The third-order valence-corrected chi connectivity index (χ3v) is 14.2. The number of hydrogen-bond acceptors (Lipinski definition) is 14. The number of ether oxygens (including phenoxy) is 5. The zero-order valence-electron chi connectivity index (χ0n) is 28.3. The fourth-order valence-corrected chi connectivity index (χ4v) is 11.3. The molecule has 0 spiro atoms. The summed E-state index contributed by atoms with van der Waals surface area (Å²) >= 11 is 0. The van der Waals surface area contributed by atoms with Gasteiger partial charge in [0.15, 0.2) is 12.6 Å². The van der Waals surface area contributed by atoms with Crippen LogP contribution in [0.5, 0.6) is 0 Å². The molecule has 8 N–H and O–H groups in total. The highest BCUT2D eigenvalue weighted by Crippen LogP contribution is 2.70. The van der Waals surface area contributed by atoms with E-state index in [0.29, 0.717) is 37.7 Å². The van der Waals surface area contributed by atoms with Crippen LogP contribution >= 0.6 is 0 Å². The van der Waals surface area contributed by atoms with E-state index in [-0.39, 0.29) is 34.7 Å². The van der Waals surface area contributed by atoms with Gasteiger partial charge in [-0.3, -0.25) is 0 Å². The van der Waals surface area contributed by atoms with Crippen LogP contribution in [0.2, 0.25) is 0 Å². The molecule has 0 aromatic heterocycles. The molecule has 0 amide bonds. The number of aliphatic hydroxyl groups excluding tert-OH is 7. The van der Waals surface area contributed by atoms with Gasteiger partial charge >= 0.3 is 5.97 Å². The molecule has 0 aromatic rings. The molecule has 3 heterocycles. The molecular weight excluding hydrogens is 644 g/mol.